The summed E-state index contributed by atoms with van der Waals surface area (Å²) in [5, 5.41) is 17.9. The second kappa shape index (κ2) is 8.38. The van der Waals surface area contributed by atoms with Gasteiger partial charge in [0.25, 0.3) is 0 Å². The number of hydrogen-bond acceptors (Lipinski definition) is 7. The maximum atomic E-state index is 14.3. The van der Waals surface area contributed by atoms with Gasteiger partial charge in [0.15, 0.2) is 0 Å². The standard InChI is InChI=1S/C23H23F2N7O/c1-13-11-31(12-17(26)22(13)33)20-7-8-27-10-19(20)29-23-28-9-14-5-6-18(30-32(14)23)21-15(24)3-2-4-16(21)25/h2-10,13,17,22,33H,11-12,26H2,1H3,(H,28,29)/t13-,17+,22-/m1/s1. The van der Waals surface area contributed by atoms with Gasteiger partial charge < -0.3 is 21.1 Å². The highest BCUT2D eigenvalue weighted by Gasteiger charge is 2.31. The van der Waals surface area contributed by atoms with E-state index in [1.54, 1.807) is 30.7 Å². The number of aliphatic hydroxyl groups is 1. The first-order chi connectivity index (χ1) is 15.9. The number of anilines is 3. The molecule has 0 radical (unpaired) electrons. The lowest BCUT2D eigenvalue weighted by molar-refractivity contribution is 0.0785. The summed E-state index contributed by atoms with van der Waals surface area (Å²) in [5.74, 6) is -1.01. The highest BCUT2D eigenvalue weighted by molar-refractivity contribution is 5.74. The summed E-state index contributed by atoms with van der Waals surface area (Å²) < 4.78 is 30.1. The highest BCUT2D eigenvalue weighted by atomic mass is 19.1. The molecule has 1 aromatic carbocycles. The first-order valence-corrected chi connectivity index (χ1v) is 10.6. The van der Waals surface area contributed by atoms with Gasteiger partial charge in [-0.05, 0) is 30.3 Å². The van der Waals surface area contributed by atoms with E-state index in [1.807, 2.05) is 13.0 Å². The Balaban J connectivity index is 1.51. The van der Waals surface area contributed by atoms with Crippen molar-refractivity contribution >= 4 is 22.8 Å². The largest absolute Gasteiger partial charge is 0.391 e. The smallest absolute Gasteiger partial charge is 0.229 e. The zero-order chi connectivity index (χ0) is 23.1. The van der Waals surface area contributed by atoms with Crippen molar-refractivity contribution in [1.29, 1.82) is 0 Å². The minimum Gasteiger partial charge on any atom is -0.391 e. The number of pyridine rings is 1. The van der Waals surface area contributed by atoms with E-state index in [0.29, 0.717) is 30.2 Å². The van der Waals surface area contributed by atoms with Crippen LogP contribution in [0.25, 0.3) is 16.8 Å². The molecule has 10 heteroatoms. The van der Waals surface area contributed by atoms with Crippen LogP contribution >= 0.6 is 0 Å². The molecule has 0 aliphatic carbocycles. The predicted molar refractivity (Wildman–Crippen MR) is 121 cm³/mol. The zero-order valence-electron chi connectivity index (χ0n) is 17.9. The van der Waals surface area contributed by atoms with Crippen LogP contribution in [0.15, 0.2) is 55.0 Å². The van der Waals surface area contributed by atoms with E-state index in [-0.39, 0.29) is 23.2 Å². The summed E-state index contributed by atoms with van der Waals surface area (Å²) in [7, 11) is 0. The number of aliphatic hydroxyl groups excluding tert-OH is 1. The van der Waals surface area contributed by atoms with Gasteiger partial charge in [-0.1, -0.05) is 13.0 Å². The van der Waals surface area contributed by atoms with Crippen LogP contribution < -0.4 is 16.0 Å². The molecule has 4 aromatic rings. The lowest BCUT2D eigenvalue weighted by Crippen LogP contribution is -2.55. The third-order valence-corrected chi connectivity index (χ3v) is 5.95. The molecule has 3 aromatic heterocycles. The number of piperidine rings is 1. The van der Waals surface area contributed by atoms with Crippen LogP contribution in [0.2, 0.25) is 0 Å². The molecule has 33 heavy (non-hydrogen) atoms. The molecule has 1 fully saturated rings. The topological polar surface area (TPSA) is 105 Å². The van der Waals surface area contributed by atoms with Crippen molar-refractivity contribution in [3.63, 3.8) is 0 Å². The highest BCUT2D eigenvalue weighted by Crippen LogP contribution is 2.31. The Morgan fingerprint density at radius 2 is 1.88 bits per heavy atom. The fourth-order valence-electron chi connectivity index (χ4n) is 4.24. The Labute approximate surface area is 188 Å². The third kappa shape index (κ3) is 3.87. The molecule has 5 rings (SSSR count). The van der Waals surface area contributed by atoms with Gasteiger partial charge in [0.2, 0.25) is 5.95 Å². The Morgan fingerprint density at radius 3 is 2.64 bits per heavy atom. The number of benzene rings is 1. The van der Waals surface area contributed by atoms with E-state index >= 15 is 0 Å². The first kappa shape index (κ1) is 21.2. The summed E-state index contributed by atoms with van der Waals surface area (Å²) >= 11 is 0. The molecule has 0 bridgehead atoms. The first-order valence-electron chi connectivity index (χ1n) is 10.6. The molecule has 1 aliphatic rings. The predicted octanol–water partition coefficient (Wildman–Crippen LogP) is 2.96. The lowest BCUT2D eigenvalue weighted by atomic mass is 9.92. The molecular formula is C23H23F2N7O. The third-order valence-electron chi connectivity index (χ3n) is 5.95. The number of imidazole rings is 1. The Bertz CT molecular complexity index is 1280. The van der Waals surface area contributed by atoms with Gasteiger partial charge >= 0.3 is 0 Å². The fourth-order valence-corrected chi connectivity index (χ4v) is 4.24. The molecule has 1 saturated heterocycles. The van der Waals surface area contributed by atoms with Gasteiger partial charge in [-0.15, -0.1) is 0 Å². The summed E-state index contributed by atoms with van der Waals surface area (Å²) in [6.45, 7) is 3.08. The molecule has 3 atom stereocenters. The van der Waals surface area contributed by atoms with E-state index < -0.39 is 17.7 Å². The maximum absolute atomic E-state index is 14.3. The molecule has 0 saturated carbocycles. The van der Waals surface area contributed by atoms with E-state index in [0.717, 1.165) is 5.69 Å². The average Bonchev–Trinajstić information content (AvgIpc) is 3.19. The van der Waals surface area contributed by atoms with Crippen molar-refractivity contribution in [2.45, 2.75) is 19.1 Å². The Morgan fingerprint density at radius 1 is 1.09 bits per heavy atom. The molecule has 1 aliphatic heterocycles. The molecule has 0 unspecified atom stereocenters. The SMILES string of the molecule is C[C@@H]1CN(c2ccncc2Nc2ncc3ccc(-c4c(F)cccc4F)nn23)C[C@H](N)[C@@H]1O. The average molecular weight is 451 g/mol. The Hall–Kier alpha value is -3.63. The van der Waals surface area contributed by atoms with Crippen molar-refractivity contribution in [3.8, 4) is 11.3 Å². The van der Waals surface area contributed by atoms with Crippen LogP contribution in [-0.4, -0.2) is 49.9 Å². The van der Waals surface area contributed by atoms with Gasteiger partial charge in [-0.25, -0.2) is 13.8 Å². The number of nitrogens with two attached hydrogens (primary N) is 1. The number of aromatic nitrogens is 4. The number of hydrogen-bond donors (Lipinski definition) is 3. The maximum Gasteiger partial charge on any atom is 0.229 e. The molecule has 170 valence electrons. The van der Waals surface area contributed by atoms with Gasteiger partial charge in [0.1, 0.15) is 11.6 Å². The quantitative estimate of drug-likeness (QED) is 0.438. The van der Waals surface area contributed by atoms with Crippen molar-refractivity contribution < 1.29 is 13.9 Å². The van der Waals surface area contributed by atoms with Gasteiger partial charge in [0, 0.05) is 31.2 Å². The molecule has 4 heterocycles. The van der Waals surface area contributed by atoms with Crippen LogP contribution in [-0.2, 0) is 0 Å². The van der Waals surface area contributed by atoms with Crippen LogP contribution in [0.4, 0.5) is 26.1 Å². The van der Waals surface area contributed by atoms with Gasteiger partial charge in [-0.3, -0.25) is 4.98 Å². The van der Waals surface area contributed by atoms with E-state index in [1.165, 1.54) is 22.7 Å². The van der Waals surface area contributed by atoms with Crippen LogP contribution in [0.1, 0.15) is 6.92 Å². The van der Waals surface area contributed by atoms with Crippen LogP contribution in [0.3, 0.4) is 0 Å². The molecule has 4 N–H and O–H groups in total. The van der Waals surface area contributed by atoms with Crippen molar-refractivity contribution in [3.05, 3.63) is 66.6 Å². The molecule has 0 amide bonds. The van der Waals surface area contributed by atoms with E-state index in [2.05, 4.69) is 25.3 Å². The van der Waals surface area contributed by atoms with Gasteiger partial charge in [0.05, 0.1) is 46.6 Å². The molecular weight excluding hydrogens is 428 g/mol. The molecule has 0 spiro atoms. The monoisotopic (exact) mass is 451 g/mol. The van der Waals surface area contributed by atoms with Crippen molar-refractivity contribution in [1.82, 2.24) is 19.6 Å². The number of halogens is 2. The number of fused-ring (bicyclic) bond motifs is 1. The van der Waals surface area contributed by atoms with E-state index in [9.17, 15) is 13.9 Å². The zero-order valence-corrected chi connectivity index (χ0v) is 17.9. The second-order valence-electron chi connectivity index (χ2n) is 8.29. The fraction of sp³-hybridized carbons (Fsp3) is 0.261. The Kier molecular flexibility index (Phi) is 5.39. The number of nitrogens with one attached hydrogen (secondary N) is 1. The van der Waals surface area contributed by atoms with Crippen LogP contribution in [0.5, 0.6) is 0 Å². The summed E-state index contributed by atoms with van der Waals surface area (Å²) in [5.41, 5.74) is 8.27. The number of nitrogens with zero attached hydrogens (tertiary/aromatic N) is 5. The summed E-state index contributed by atoms with van der Waals surface area (Å²) in [6, 6.07) is 8.45. The summed E-state index contributed by atoms with van der Waals surface area (Å²) in [4.78, 5) is 10.7. The minimum atomic E-state index is -0.691. The number of rotatable bonds is 4. The lowest BCUT2D eigenvalue weighted by Gasteiger charge is -2.40. The normalized spacial score (nSPS) is 20.9. The van der Waals surface area contributed by atoms with Gasteiger partial charge in [-0.2, -0.15) is 9.61 Å². The summed E-state index contributed by atoms with van der Waals surface area (Å²) in [6.07, 6.45) is 4.40. The van der Waals surface area contributed by atoms with Crippen molar-refractivity contribution in [2.24, 2.45) is 11.7 Å². The molecule has 8 nitrogen and oxygen atoms in total. The minimum absolute atomic E-state index is 0.00177. The second-order valence-corrected chi connectivity index (χ2v) is 8.29. The van der Waals surface area contributed by atoms with E-state index in [4.69, 9.17) is 5.73 Å². The van der Waals surface area contributed by atoms with Crippen LogP contribution in [0, 0.1) is 17.6 Å². The van der Waals surface area contributed by atoms with Crippen molar-refractivity contribution in [2.75, 3.05) is 23.3 Å².